The Morgan fingerprint density at radius 1 is 1.38 bits per heavy atom. The number of hydrogen-bond acceptors (Lipinski definition) is 6. The molecule has 0 spiro atoms. The number of ketones is 1. The molecule has 1 aromatic heterocycles. The van der Waals surface area contributed by atoms with Gasteiger partial charge in [-0.15, -0.1) is 0 Å². The first-order valence-corrected chi connectivity index (χ1v) is 6.71. The lowest BCUT2D eigenvalue weighted by molar-refractivity contribution is -0.390. The smallest absolute Gasteiger partial charge is 0.406 e. The van der Waals surface area contributed by atoms with E-state index in [1.54, 1.807) is 0 Å². The van der Waals surface area contributed by atoms with Crippen molar-refractivity contribution in [2.75, 3.05) is 11.9 Å². The molecule has 0 unspecified atom stereocenters. The van der Waals surface area contributed by atoms with Crippen LogP contribution in [0.1, 0.15) is 17.3 Å². The summed E-state index contributed by atoms with van der Waals surface area (Å²) in [4.78, 5) is 36.5. The number of amides is 1. The molecule has 9 heteroatoms. The Labute approximate surface area is 135 Å². The van der Waals surface area contributed by atoms with Crippen molar-refractivity contribution >= 4 is 23.2 Å². The molecule has 0 atom stereocenters. The highest BCUT2D eigenvalue weighted by Crippen LogP contribution is 2.23. The van der Waals surface area contributed by atoms with Gasteiger partial charge in [0.05, 0.1) is 5.56 Å². The van der Waals surface area contributed by atoms with Gasteiger partial charge in [0.2, 0.25) is 17.4 Å². The zero-order chi connectivity index (χ0) is 17.7. The number of benzene rings is 1. The first kappa shape index (κ1) is 17.0. The van der Waals surface area contributed by atoms with Gasteiger partial charge in [-0.1, -0.05) is 0 Å². The maximum atomic E-state index is 13.9. The monoisotopic (exact) mass is 333 g/mol. The van der Waals surface area contributed by atoms with Crippen molar-refractivity contribution in [3.8, 4) is 5.75 Å². The van der Waals surface area contributed by atoms with E-state index in [-0.39, 0.29) is 22.9 Å². The van der Waals surface area contributed by atoms with Crippen LogP contribution in [0.3, 0.4) is 0 Å². The predicted octanol–water partition coefficient (Wildman–Crippen LogP) is 2.35. The molecule has 8 nitrogen and oxygen atoms in total. The Bertz CT molecular complexity index is 809. The van der Waals surface area contributed by atoms with Gasteiger partial charge < -0.3 is 20.2 Å². The molecule has 1 amide bonds. The summed E-state index contributed by atoms with van der Waals surface area (Å²) in [6, 6.07) is 6.26. The minimum Gasteiger partial charge on any atom is -0.477 e. The van der Waals surface area contributed by atoms with Crippen molar-refractivity contribution in [2.24, 2.45) is 0 Å². The van der Waals surface area contributed by atoms with Gasteiger partial charge in [-0.3, -0.25) is 9.59 Å². The number of halogens is 1. The van der Waals surface area contributed by atoms with Crippen LogP contribution in [0.5, 0.6) is 5.75 Å². The summed E-state index contributed by atoms with van der Waals surface area (Å²) in [6.45, 7) is 0.675. The normalized spacial score (nSPS) is 10.1. The summed E-state index contributed by atoms with van der Waals surface area (Å²) < 4.78 is 19.0. The number of carbonyl (C=O) groups is 2. The van der Waals surface area contributed by atoms with Crippen LogP contribution in [0.4, 0.5) is 15.9 Å². The number of hydrogen-bond donors (Lipinski definition) is 1. The molecule has 0 saturated carbocycles. The molecule has 0 bridgehead atoms. The maximum Gasteiger partial charge on any atom is 0.406 e. The standard InChI is InChI=1S/C15H12FN3O5/c1-9(20)18-10-4-5-11(12(16)7-10)13(21)8-24-14-3-2-6-17-15(14)19(22)23/h2-7H,8H2,1H3,(H,18,20). The number of rotatable bonds is 6. The van der Waals surface area contributed by atoms with Gasteiger partial charge in [0.1, 0.15) is 12.0 Å². The van der Waals surface area contributed by atoms with Crippen LogP contribution >= 0.6 is 0 Å². The van der Waals surface area contributed by atoms with E-state index in [4.69, 9.17) is 4.74 Å². The number of Topliss-reactive ketones (excluding diaryl/α,β-unsaturated/α-hetero) is 1. The topological polar surface area (TPSA) is 111 Å². The van der Waals surface area contributed by atoms with Crippen molar-refractivity contribution in [2.45, 2.75) is 6.92 Å². The molecule has 0 fully saturated rings. The number of carbonyl (C=O) groups excluding carboxylic acids is 2. The van der Waals surface area contributed by atoms with E-state index in [0.29, 0.717) is 0 Å². The number of nitro groups is 1. The fourth-order valence-electron chi connectivity index (χ4n) is 1.88. The highest BCUT2D eigenvalue weighted by atomic mass is 19.1. The lowest BCUT2D eigenvalue weighted by atomic mass is 10.1. The average molecular weight is 333 g/mol. The second kappa shape index (κ2) is 7.27. The van der Waals surface area contributed by atoms with Crippen molar-refractivity contribution in [3.05, 3.63) is 58.0 Å². The van der Waals surface area contributed by atoms with Crippen molar-refractivity contribution in [1.29, 1.82) is 0 Å². The fraction of sp³-hybridized carbons (Fsp3) is 0.133. The summed E-state index contributed by atoms with van der Waals surface area (Å²) in [5, 5.41) is 13.2. The first-order chi connectivity index (χ1) is 11.4. The SMILES string of the molecule is CC(=O)Nc1ccc(C(=O)COc2cccnc2[N+](=O)[O-])c(F)c1. The van der Waals surface area contributed by atoms with Gasteiger partial charge in [0, 0.05) is 12.6 Å². The number of nitrogens with one attached hydrogen (secondary N) is 1. The van der Waals surface area contributed by atoms with E-state index in [1.165, 1.54) is 37.4 Å². The Balaban J connectivity index is 2.11. The largest absolute Gasteiger partial charge is 0.477 e. The number of anilines is 1. The van der Waals surface area contributed by atoms with Crippen molar-refractivity contribution in [1.82, 2.24) is 4.98 Å². The van der Waals surface area contributed by atoms with Crippen LogP contribution in [0.15, 0.2) is 36.5 Å². The Morgan fingerprint density at radius 3 is 2.75 bits per heavy atom. The van der Waals surface area contributed by atoms with Crippen LogP contribution in [-0.2, 0) is 4.79 Å². The molecule has 1 N–H and O–H groups in total. The number of pyridine rings is 1. The third-order valence-corrected chi connectivity index (χ3v) is 2.87. The van der Waals surface area contributed by atoms with Crippen LogP contribution < -0.4 is 10.1 Å². The molecule has 0 aliphatic carbocycles. The van der Waals surface area contributed by atoms with E-state index < -0.39 is 28.9 Å². The predicted molar refractivity (Wildman–Crippen MR) is 81.4 cm³/mol. The lowest BCUT2D eigenvalue weighted by Crippen LogP contribution is -2.14. The van der Waals surface area contributed by atoms with Crippen molar-refractivity contribution < 1.29 is 23.6 Å². The van der Waals surface area contributed by atoms with E-state index >= 15 is 0 Å². The lowest BCUT2D eigenvalue weighted by Gasteiger charge is -2.08. The third-order valence-electron chi connectivity index (χ3n) is 2.87. The van der Waals surface area contributed by atoms with E-state index in [2.05, 4.69) is 10.3 Å². The first-order valence-electron chi connectivity index (χ1n) is 6.71. The molecule has 0 radical (unpaired) electrons. The molecule has 0 aliphatic heterocycles. The van der Waals surface area contributed by atoms with Crippen molar-refractivity contribution in [3.63, 3.8) is 0 Å². The summed E-state index contributed by atoms with van der Waals surface area (Å²) in [5.41, 5.74) is -0.0454. The van der Waals surface area contributed by atoms with Gasteiger partial charge in [-0.25, -0.2) is 4.39 Å². The molecular weight excluding hydrogens is 321 g/mol. The molecule has 0 saturated heterocycles. The Hall–Kier alpha value is -3.36. The molecular formula is C15H12FN3O5. The van der Waals surface area contributed by atoms with E-state index in [1.807, 2.05) is 0 Å². The van der Waals surface area contributed by atoms with Crippen LogP contribution in [0.25, 0.3) is 0 Å². The summed E-state index contributed by atoms with van der Waals surface area (Å²) in [7, 11) is 0. The quantitative estimate of drug-likeness (QED) is 0.493. The molecule has 2 aromatic rings. The van der Waals surface area contributed by atoms with Gasteiger partial charge in [0.15, 0.2) is 6.61 Å². The highest BCUT2D eigenvalue weighted by molar-refractivity contribution is 5.98. The average Bonchev–Trinajstić information content (AvgIpc) is 2.52. The van der Waals surface area contributed by atoms with Gasteiger partial charge in [-0.05, 0) is 40.2 Å². The van der Waals surface area contributed by atoms with Crippen LogP contribution in [-0.4, -0.2) is 28.2 Å². The summed E-state index contributed by atoms with van der Waals surface area (Å²) >= 11 is 0. The summed E-state index contributed by atoms with van der Waals surface area (Å²) in [5.74, 6) is -2.64. The second-order valence-corrected chi connectivity index (χ2v) is 4.67. The fourth-order valence-corrected chi connectivity index (χ4v) is 1.88. The molecule has 2 rings (SSSR count). The zero-order valence-corrected chi connectivity index (χ0v) is 12.5. The number of ether oxygens (including phenoxy) is 1. The molecule has 1 aromatic carbocycles. The molecule has 1 heterocycles. The van der Waals surface area contributed by atoms with Gasteiger partial charge in [0.25, 0.3) is 0 Å². The van der Waals surface area contributed by atoms with E-state index in [0.717, 1.165) is 6.07 Å². The zero-order valence-electron chi connectivity index (χ0n) is 12.5. The number of aromatic nitrogens is 1. The van der Waals surface area contributed by atoms with Gasteiger partial charge >= 0.3 is 5.82 Å². The maximum absolute atomic E-state index is 13.9. The van der Waals surface area contributed by atoms with Crippen LogP contribution in [0.2, 0.25) is 0 Å². The van der Waals surface area contributed by atoms with Crippen LogP contribution in [0, 0.1) is 15.9 Å². The molecule has 24 heavy (non-hydrogen) atoms. The Kier molecular flexibility index (Phi) is 5.15. The second-order valence-electron chi connectivity index (χ2n) is 4.67. The van der Waals surface area contributed by atoms with Gasteiger partial charge in [-0.2, -0.15) is 0 Å². The third kappa shape index (κ3) is 4.09. The highest BCUT2D eigenvalue weighted by Gasteiger charge is 2.18. The molecule has 0 aliphatic rings. The van der Waals surface area contributed by atoms with E-state index in [9.17, 15) is 24.1 Å². The summed E-state index contributed by atoms with van der Waals surface area (Å²) in [6.07, 6.45) is 1.22. The number of nitrogens with zero attached hydrogens (tertiary/aromatic N) is 2. The Morgan fingerprint density at radius 2 is 2.12 bits per heavy atom. The minimum atomic E-state index is -0.837. The molecule has 124 valence electrons. The minimum absolute atomic E-state index is 0.189.